The van der Waals surface area contributed by atoms with Crippen molar-refractivity contribution >= 4 is 26.9 Å². The molecule has 0 bridgehead atoms. The number of hydrogen-bond donors (Lipinski definition) is 1. The van der Waals surface area contributed by atoms with E-state index < -0.39 is 16.0 Å². The van der Waals surface area contributed by atoms with E-state index in [0.717, 1.165) is 9.54 Å². The van der Waals surface area contributed by atoms with Crippen molar-refractivity contribution < 1.29 is 18.3 Å². The van der Waals surface area contributed by atoms with Gasteiger partial charge in [0.05, 0.1) is 16.0 Å². The molecule has 0 aliphatic carbocycles. The second-order valence-corrected chi connectivity index (χ2v) is 6.79. The van der Waals surface area contributed by atoms with Crippen molar-refractivity contribution in [2.45, 2.75) is 11.8 Å². The monoisotopic (exact) mass is 315 g/mol. The summed E-state index contributed by atoms with van der Waals surface area (Å²) in [5, 5.41) is 9.58. The summed E-state index contributed by atoms with van der Waals surface area (Å²) in [5.41, 5.74) is 1.39. The average molecular weight is 315 g/mol. The number of carbonyl (C=O) groups is 1. The molecule has 0 atom stereocenters. The van der Waals surface area contributed by atoms with Crippen LogP contribution < -0.4 is 0 Å². The number of aryl methyl sites for hydroxylation is 1. The van der Waals surface area contributed by atoms with Gasteiger partial charge in [-0.3, -0.25) is 0 Å². The van der Waals surface area contributed by atoms with Crippen molar-refractivity contribution in [3.05, 3.63) is 65.9 Å². The molecule has 3 aromatic rings. The Kier molecular flexibility index (Phi) is 3.26. The number of fused-ring (bicyclic) bond motifs is 1. The minimum atomic E-state index is -3.76. The average Bonchev–Trinajstić information content (AvgIpc) is 2.92. The number of carboxylic acids is 1. The van der Waals surface area contributed by atoms with Crippen LogP contribution in [0.4, 0.5) is 0 Å². The number of aromatic carboxylic acids is 1. The Balaban J connectivity index is 2.24. The molecule has 0 saturated heterocycles. The van der Waals surface area contributed by atoms with E-state index in [0.29, 0.717) is 10.9 Å². The van der Waals surface area contributed by atoms with Crippen LogP contribution in [0.2, 0.25) is 0 Å². The second-order valence-electron chi connectivity index (χ2n) is 4.97. The normalized spacial score (nSPS) is 11.7. The van der Waals surface area contributed by atoms with Crippen molar-refractivity contribution in [1.82, 2.24) is 3.97 Å². The lowest BCUT2D eigenvalue weighted by molar-refractivity contribution is 0.0699. The first kappa shape index (κ1) is 14.3. The molecule has 1 aromatic heterocycles. The maximum absolute atomic E-state index is 12.7. The Hall–Kier alpha value is -2.60. The summed E-state index contributed by atoms with van der Waals surface area (Å²) in [6.45, 7) is 1.88. The van der Waals surface area contributed by atoms with Gasteiger partial charge in [0.2, 0.25) is 0 Å². The molecule has 0 saturated carbocycles. The summed E-state index contributed by atoms with van der Waals surface area (Å²) >= 11 is 0. The van der Waals surface area contributed by atoms with E-state index in [1.165, 1.54) is 36.5 Å². The summed E-state index contributed by atoms with van der Waals surface area (Å²) in [5.74, 6) is -1.09. The SMILES string of the molecule is Cc1ccc(S(=O)(=O)n2ccc3c(C(=O)O)cccc32)cc1. The lowest BCUT2D eigenvalue weighted by Gasteiger charge is -2.08. The van der Waals surface area contributed by atoms with Gasteiger partial charge in [0, 0.05) is 11.6 Å². The van der Waals surface area contributed by atoms with Gasteiger partial charge in [0.1, 0.15) is 0 Å². The molecular weight excluding hydrogens is 302 g/mol. The van der Waals surface area contributed by atoms with Gasteiger partial charge < -0.3 is 5.11 Å². The molecule has 2 aromatic carbocycles. The van der Waals surface area contributed by atoms with E-state index in [1.54, 1.807) is 18.2 Å². The number of hydrogen-bond acceptors (Lipinski definition) is 3. The number of benzene rings is 2. The third-order valence-corrected chi connectivity index (χ3v) is 5.21. The van der Waals surface area contributed by atoms with Crippen molar-refractivity contribution in [2.24, 2.45) is 0 Å². The highest BCUT2D eigenvalue weighted by Gasteiger charge is 2.20. The smallest absolute Gasteiger partial charge is 0.336 e. The van der Waals surface area contributed by atoms with Gasteiger partial charge in [-0.2, -0.15) is 0 Å². The Labute approximate surface area is 127 Å². The second kappa shape index (κ2) is 4.99. The zero-order valence-electron chi connectivity index (χ0n) is 11.7. The van der Waals surface area contributed by atoms with Gasteiger partial charge >= 0.3 is 5.97 Å². The van der Waals surface area contributed by atoms with Crippen LogP contribution in [0.15, 0.2) is 59.6 Å². The lowest BCUT2D eigenvalue weighted by atomic mass is 10.1. The van der Waals surface area contributed by atoms with Gasteiger partial charge in [-0.05, 0) is 37.3 Å². The minimum absolute atomic E-state index is 0.0790. The molecule has 22 heavy (non-hydrogen) atoms. The molecule has 0 radical (unpaired) electrons. The van der Waals surface area contributed by atoms with Crippen LogP contribution in [0.5, 0.6) is 0 Å². The molecule has 0 amide bonds. The Morgan fingerprint density at radius 1 is 1.05 bits per heavy atom. The largest absolute Gasteiger partial charge is 0.478 e. The van der Waals surface area contributed by atoms with Crippen molar-refractivity contribution in [3.8, 4) is 0 Å². The van der Waals surface area contributed by atoms with E-state index in [-0.39, 0.29) is 10.5 Å². The molecule has 112 valence electrons. The van der Waals surface area contributed by atoms with Gasteiger partial charge in [-0.1, -0.05) is 23.8 Å². The van der Waals surface area contributed by atoms with Gasteiger partial charge in [-0.25, -0.2) is 17.2 Å². The molecule has 0 spiro atoms. The molecule has 0 aliphatic rings. The predicted octanol–water partition coefficient (Wildman–Crippen LogP) is 2.88. The molecular formula is C16H13NO4S. The van der Waals surface area contributed by atoms with Gasteiger partial charge in [-0.15, -0.1) is 0 Å². The minimum Gasteiger partial charge on any atom is -0.478 e. The predicted molar refractivity (Wildman–Crippen MR) is 82.7 cm³/mol. The summed E-state index contributed by atoms with van der Waals surface area (Å²) in [4.78, 5) is 11.4. The molecule has 1 N–H and O–H groups in total. The Morgan fingerprint density at radius 3 is 2.36 bits per heavy atom. The number of carboxylic acid groups (broad SMARTS) is 1. The fraction of sp³-hybridized carbons (Fsp3) is 0.0625. The van der Waals surface area contributed by atoms with Crippen LogP contribution in [0.3, 0.4) is 0 Å². The summed E-state index contributed by atoms with van der Waals surface area (Å²) < 4.78 is 26.5. The fourth-order valence-corrected chi connectivity index (χ4v) is 3.71. The highest BCUT2D eigenvalue weighted by Crippen LogP contribution is 2.25. The third kappa shape index (κ3) is 2.17. The molecule has 0 fully saturated rings. The number of nitrogens with zero attached hydrogens (tertiary/aromatic N) is 1. The quantitative estimate of drug-likeness (QED) is 0.806. The van der Waals surface area contributed by atoms with E-state index in [1.807, 2.05) is 6.92 Å². The van der Waals surface area contributed by atoms with Crippen LogP contribution in [0.25, 0.3) is 10.9 Å². The zero-order valence-corrected chi connectivity index (χ0v) is 12.5. The van der Waals surface area contributed by atoms with Gasteiger partial charge in [0.25, 0.3) is 10.0 Å². The zero-order chi connectivity index (χ0) is 15.9. The first-order valence-electron chi connectivity index (χ1n) is 6.57. The van der Waals surface area contributed by atoms with Crippen LogP contribution in [-0.2, 0) is 10.0 Å². The standard InChI is InChI=1S/C16H13NO4S/c1-11-5-7-12(8-6-11)22(20,21)17-10-9-13-14(16(18)19)3-2-4-15(13)17/h2-10H,1H3,(H,18,19). The van der Waals surface area contributed by atoms with Crippen molar-refractivity contribution in [3.63, 3.8) is 0 Å². The highest BCUT2D eigenvalue weighted by molar-refractivity contribution is 7.90. The van der Waals surface area contributed by atoms with E-state index in [9.17, 15) is 18.3 Å². The third-order valence-electron chi connectivity index (χ3n) is 3.51. The maximum Gasteiger partial charge on any atom is 0.336 e. The summed E-state index contributed by atoms with van der Waals surface area (Å²) in [6, 6.07) is 12.6. The van der Waals surface area contributed by atoms with Gasteiger partial charge in [0.15, 0.2) is 0 Å². The number of rotatable bonds is 3. The van der Waals surface area contributed by atoms with E-state index in [4.69, 9.17) is 0 Å². The summed E-state index contributed by atoms with van der Waals surface area (Å²) in [7, 11) is -3.76. The van der Waals surface area contributed by atoms with Crippen LogP contribution in [0.1, 0.15) is 15.9 Å². The summed E-state index contributed by atoms with van der Waals surface area (Å²) in [6.07, 6.45) is 1.38. The highest BCUT2D eigenvalue weighted by atomic mass is 32.2. The van der Waals surface area contributed by atoms with Crippen LogP contribution in [0, 0.1) is 6.92 Å². The van der Waals surface area contributed by atoms with Crippen LogP contribution >= 0.6 is 0 Å². The topological polar surface area (TPSA) is 76.4 Å². The lowest BCUT2D eigenvalue weighted by Crippen LogP contribution is -2.11. The van der Waals surface area contributed by atoms with Crippen molar-refractivity contribution in [2.75, 3.05) is 0 Å². The molecule has 3 rings (SSSR count). The molecule has 0 aliphatic heterocycles. The first-order chi connectivity index (χ1) is 10.4. The first-order valence-corrected chi connectivity index (χ1v) is 8.01. The molecule has 6 heteroatoms. The molecule has 1 heterocycles. The van der Waals surface area contributed by atoms with E-state index >= 15 is 0 Å². The van der Waals surface area contributed by atoms with Crippen LogP contribution in [-0.4, -0.2) is 23.5 Å². The van der Waals surface area contributed by atoms with E-state index in [2.05, 4.69) is 0 Å². The Morgan fingerprint density at radius 2 is 1.73 bits per heavy atom. The van der Waals surface area contributed by atoms with Crippen molar-refractivity contribution in [1.29, 1.82) is 0 Å². The Bertz CT molecular complexity index is 969. The fourth-order valence-electron chi connectivity index (χ4n) is 2.36. The molecule has 0 unspecified atom stereocenters. The number of aromatic nitrogens is 1. The maximum atomic E-state index is 12.7. The molecule has 5 nitrogen and oxygen atoms in total.